The minimum Gasteiger partial charge on any atom is -0.462 e. The summed E-state index contributed by atoms with van der Waals surface area (Å²) in [6.45, 7) is 6.34. The van der Waals surface area contributed by atoms with Crippen LogP contribution >= 0.6 is 0 Å². The molecule has 0 spiro atoms. The molecule has 80 valence electrons. The largest absolute Gasteiger partial charge is 0.462 e. The van der Waals surface area contributed by atoms with Crippen LogP contribution in [0.2, 0.25) is 0 Å². The number of carbonyl (C=O) groups is 1. The van der Waals surface area contributed by atoms with Crippen molar-refractivity contribution in [2.24, 2.45) is 0 Å². The summed E-state index contributed by atoms with van der Waals surface area (Å²) in [5.74, 6) is -0.197. The van der Waals surface area contributed by atoms with Crippen molar-refractivity contribution in [2.45, 2.75) is 40.0 Å². The molecule has 2 nitrogen and oxygen atoms in total. The number of carbonyl (C=O) groups excluding carboxylic acids is 1. The van der Waals surface area contributed by atoms with Gasteiger partial charge in [-0.15, -0.1) is 0 Å². The third kappa shape index (κ3) is 6.46. The highest BCUT2D eigenvalue weighted by molar-refractivity contribution is 5.87. The van der Waals surface area contributed by atoms with Gasteiger partial charge in [-0.25, -0.2) is 4.79 Å². The van der Waals surface area contributed by atoms with E-state index in [1.807, 2.05) is 19.1 Å². The highest BCUT2D eigenvalue weighted by Gasteiger charge is 2.02. The topological polar surface area (TPSA) is 26.3 Å². The molecular formula is C12H20O2. The van der Waals surface area contributed by atoms with Gasteiger partial charge in [-0.1, -0.05) is 32.1 Å². The van der Waals surface area contributed by atoms with Crippen LogP contribution < -0.4 is 0 Å². The molecule has 0 radical (unpaired) electrons. The van der Waals surface area contributed by atoms with E-state index in [9.17, 15) is 4.79 Å². The van der Waals surface area contributed by atoms with Gasteiger partial charge in [0.05, 0.1) is 6.61 Å². The molecule has 0 rings (SSSR count). The second-order valence-corrected chi connectivity index (χ2v) is 3.10. The lowest BCUT2D eigenvalue weighted by atomic mass is 10.2. The van der Waals surface area contributed by atoms with E-state index in [0.717, 1.165) is 19.3 Å². The van der Waals surface area contributed by atoms with E-state index in [1.165, 1.54) is 0 Å². The summed E-state index contributed by atoms with van der Waals surface area (Å²) in [7, 11) is 0. The van der Waals surface area contributed by atoms with Gasteiger partial charge in [0.2, 0.25) is 0 Å². The van der Waals surface area contributed by atoms with Crippen LogP contribution in [-0.2, 0) is 9.53 Å². The Morgan fingerprint density at radius 3 is 2.50 bits per heavy atom. The number of rotatable bonds is 6. The first kappa shape index (κ1) is 12.9. The molecule has 0 amide bonds. The summed E-state index contributed by atoms with van der Waals surface area (Å²) in [6.07, 6.45) is 8.69. The van der Waals surface area contributed by atoms with Gasteiger partial charge in [0.1, 0.15) is 0 Å². The highest BCUT2D eigenvalue weighted by Crippen LogP contribution is 1.99. The minimum atomic E-state index is -0.197. The van der Waals surface area contributed by atoms with E-state index in [1.54, 1.807) is 6.92 Å². The average molecular weight is 196 g/mol. The second kappa shape index (κ2) is 8.54. The number of hydrogen-bond donors (Lipinski definition) is 0. The summed E-state index contributed by atoms with van der Waals surface area (Å²) in [5, 5.41) is 0. The van der Waals surface area contributed by atoms with Gasteiger partial charge in [0.25, 0.3) is 0 Å². The number of ether oxygens (including phenoxy) is 1. The molecule has 0 aliphatic rings. The van der Waals surface area contributed by atoms with Gasteiger partial charge in [-0.05, 0) is 26.2 Å². The Bertz CT molecular complexity index is 214. The molecule has 0 bridgehead atoms. The van der Waals surface area contributed by atoms with Crippen molar-refractivity contribution in [1.29, 1.82) is 0 Å². The molecule has 0 heterocycles. The number of esters is 1. The van der Waals surface area contributed by atoms with E-state index in [4.69, 9.17) is 4.74 Å². The molecule has 0 saturated heterocycles. The van der Waals surface area contributed by atoms with E-state index in [-0.39, 0.29) is 5.97 Å². The fourth-order valence-electron chi connectivity index (χ4n) is 1.01. The van der Waals surface area contributed by atoms with Crippen molar-refractivity contribution in [2.75, 3.05) is 6.61 Å². The van der Waals surface area contributed by atoms with Gasteiger partial charge >= 0.3 is 5.97 Å². The second-order valence-electron chi connectivity index (χ2n) is 3.10. The highest BCUT2D eigenvalue weighted by atomic mass is 16.5. The average Bonchev–Trinajstić information content (AvgIpc) is 2.17. The van der Waals surface area contributed by atoms with Gasteiger partial charge < -0.3 is 4.74 Å². The van der Waals surface area contributed by atoms with E-state index in [2.05, 4.69) is 13.0 Å². The van der Waals surface area contributed by atoms with Crippen molar-refractivity contribution in [3.63, 3.8) is 0 Å². The molecular weight excluding hydrogens is 176 g/mol. The van der Waals surface area contributed by atoms with Crippen LogP contribution in [0.4, 0.5) is 0 Å². The fraction of sp³-hybridized carbons (Fsp3) is 0.583. The predicted octanol–water partition coefficient (Wildman–Crippen LogP) is 3.24. The Kier molecular flexibility index (Phi) is 7.90. The molecule has 0 atom stereocenters. The SMILES string of the molecule is CC/C=C\CCOC(=O)/C(C)=C/CC. The Morgan fingerprint density at radius 1 is 1.21 bits per heavy atom. The first-order valence-corrected chi connectivity index (χ1v) is 5.21. The van der Waals surface area contributed by atoms with Gasteiger partial charge in [-0.3, -0.25) is 0 Å². The minimum absolute atomic E-state index is 0.197. The molecule has 0 saturated carbocycles. The maximum Gasteiger partial charge on any atom is 0.333 e. The first-order valence-electron chi connectivity index (χ1n) is 5.21. The van der Waals surface area contributed by atoms with E-state index >= 15 is 0 Å². The molecule has 2 heteroatoms. The molecule has 0 aliphatic carbocycles. The molecule has 0 aliphatic heterocycles. The Morgan fingerprint density at radius 2 is 1.93 bits per heavy atom. The maximum atomic E-state index is 11.3. The van der Waals surface area contributed by atoms with Crippen LogP contribution in [0.3, 0.4) is 0 Å². The summed E-state index contributed by atoms with van der Waals surface area (Å²) < 4.78 is 5.04. The predicted molar refractivity (Wildman–Crippen MR) is 59.1 cm³/mol. The van der Waals surface area contributed by atoms with Gasteiger partial charge in [0.15, 0.2) is 0 Å². The standard InChI is InChI=1S/C12H20O2/c1-4-6-7-8-10-14-12(13)11(3)9-5-2/h6-7,9H,4-5,8,10H2,1-3H3/b7-6-,11-9+. The quantitative estimate of drug-likeness (QED) is 0.282. The van der Waals surface area contributed by atoms with Gasteiger partial charge in [-0.2, -0.15) is 0 Å². The lowest BCUT2D eigenvalue weighted by Crippen LogP contribution is -2.06. The maximum absolute atomic E-state index is 11.3. The summed E-state index contributed by atoms with van der Waals surface area (Å²) in [4.78, 5) is 11.3. The zero-order valence-corrected chi connectivity index (χ0v) is 9.38. The lowest BCUT2D eigenvalue weighted by molar-refractivity contribution is -0.138. The van der Waals surface area contributed by atoms with Crippen LogP contribution in [0, 0.1) is 0 Å². The summed E-state index contributed by atoms with van der Waals surface area (Å²) in [6, 6.07) is 0. The zero-order valence-electron chi connectivity index (χ0n) is 9.38. The number of allylic oxidation sites excluding steroid dienone is 2. The normalized spacial score (nSPS) is 12.1. The third-order valence-electron chi connectivity index (χ3n) is 1.75. The first-order chi connectivity index (χ1) is 6.72. The van der Waals surface area contributed by atoms with Gasteiger partial charge in [0, 0.05) is 5.57 Å². The van der Waals surface area contributed by atoms with Crippen LogP contribution in [-0.4, -0.2) is 12.6 Å². The summed E-state index contributed by atoms with van der Waals surface area (Å²) in [5.41, 5.74) is 0.701. The number of hydrogen-bond acceptors (Lipinski definition) is 2. The van der Waals surface area contributed by atoms with Crippen LogP contribution in [0.1, 0.15) is 40.0 Å². The Balaban J connectivity index is 3.64. The van der Waals surface area contributed by atoms with Crippen molar-refractivity contribution in [3.05, 3.63) is 23.8 Å². The molecule has 0 fully saturated rings. The van der Waals surface area contributed by atoms with Crippen LogP contribution in [0.15, 0.2) is 23.8 Å². The summed E-state index contributed by atoms with van der Waals surface area (Å²) >= 11 is 0. The van der Waals surface area contributed by atoms with Crippen LogP contribution in [0.5, 0.6) is 0 Å². The van der Waals surface area contributed by atoms with Crippen molar-refractivity contribution < 1.29 is 9.53 Å². The van der Waals surface area contributed by atoms with Crippen LogP contribution in [0.25, 0.3) is 0 Å². The molecule has 0 aromatic carbocycles. The third-order valence-corrected chi connectivity index (χ3v) is 1.75. The molecule has 14 heavy (non-hydrogen) atoms. The van der Waals surface area contributed by atoms with Crippen molar-refractivity contribution >= 4 is 5.97 Å². The zero-order chi connectivity index (χ0) is 10.8. The lowest BCUT2D eigenvalue weighted by Gasteiger charge is -2.02. The smallest absolute Gasteiger partial charge is 0.333 e. The Hall–Kier alpha value is -1.05. The Labute approximate surface area is 86.6 Å². The monoisotopic (exact) mass is 196 g/mol. The van der Waals surface area contributed by atoms with Crippen molar-refractivity contribution in [1.82, 2.24) is 0 Å². The molecule has 0 aromatic heterocycles. The molecule has 0 N–H and O–H groups in total. The van der Waals surface area contributed by atoms with E-state index < -0.39 is 0 Å². The molecule has 0 unspecified atom stereocenters. The molecule has 0 aromatic rings. The van der Waals surface area contributed by atoms with E-state index in [0.29, 0.717) is 12.2 Å². The van der Waals surface area contributed by atoms with Crippen molar-refractivity contribution in [3.8, 4) is 0 Å². The fourth-order valence-corrected chi connectivity index (χ4v) is 1.01.